The van der Waals surface area contributed by atoms with Crippen molar-refractivity contribution in [3.8, 4) is 0 Å². The summed E-state index contributed by atoms with van der Waals surface area (Å²) in [6.45, 7) is 3.50. The van der Waals surface area contributed by atoms with E-state index in [9.17, 15) is 0 Å². The van der Waals surface area contributed by atoms with Gasteiger partial charge in [0.15, 0.2) is 0 Å². The fraction of sp³-hybridized carbons (Fsp3) is 0.300. The van der Waals surface area contributed by atoms with E-state index in [2.05, 4.69) is 6.92 Å². The highest BCUT2D eigenvalue weighted by Gasteiger charge is 2.03. The number of benzene rings is 1. The maximum Gasteiger partial charge on any atom is 0.0684 e. The highest BCUT2D eigenvalue weighted by molar-refractivity contribution is 5.27. The summed E-state index contributed by atoms with van der Waals surface area (Å²) in [5, 5.41) is 18.0. The van der Waals surface area contributed by atoms with Gasteiger partial charge in [0.25, 0.3) is 0 Å². The van der Waals surface area contributed by atoms with Crippen LogP contribution in [0.3, 0.4) is 0 Å². The summed E-state index contributed by atoms with van der Waals surface area (Å²) in [4.78, 5) is 0. The van der Waals surface area contributed by atoms with Crippen LogP contribution in [0, 0.1) is 6.92 Å². The van der Waals surface area contributed by atoms with E-state index in [1.165, 1.54) is 0 Å². The summed E-state index contributed by atoms with van der Waals surface area (Å²) in [7, 11) is 0. The Balaban J connectivity index is 2.82. The van der Waals surface area contributed by atoms with E-state index in [-0.39, 0.29) is 6.61 Å². The van der Waals surface area contributed by atoms with Crippen molar-refractivity contribution in [1.82, 2.24) is 0 Å². The summed E-state index contributed by atoms with van der Waals surface area (Å²) in [5.74, 6) is 0. The molecule has 0 fully saturated rings. The molecule has 1 radical (unpaired) electrons. The van der Waals surface area contributed by atoms with E-state index in [0.29, 0.717) is 6.42 Å². The van der Waals surface area contributed by atoms with E-state index in [4.69, 9.17) is 10.2 Å². The van der Waals surface area contributed by atoms with Gasteiger partial charge in [-0.3, -0.25) is 0 Å². The maximum absolute atomic E-state index is 9.03. The van der Waals surface area contributed by atoms with Crippen molar-refractivity contribution in [2.45, 2.75) is 19.1 Å². The predicted octanol–water partition coefficient (Wildman–Crippen LogP) is 0.916. The molecule has 1 rings (SSSR count). The molecule has 0 heterocycles. The molecular formula is C10H13O2. The average Bonchev–Trinajstić information content (AvgIpc) is 2.04. The molecule has 0 aliphatic carbocycles. The molecule has 1 atom stereocenters. The second kappa shape index (κ2) is 4.24. The molecule has 0 amide bonds. The lowest BCUT2D eigenvalue weighted by Crippen LogP contribution is -2.06. The van der Waals surface area contributed by atoms with Crippen molar-refractivity contribution in [3.63, 3.8) is 0 Å². The lowest BCUT2D eigenvalue weighted by atomic mass is 10.0. The quantitative estimate of drug-likeness (QED) is 0.699. The number of aliphatic hydroxyl groups is 2. The molecule has 2 N–H and O–H groups in total. The monoisotopic (exact) mass is 165 g/mol. The van der Waals surface area contributed by atoms with Crippen molar-refractivity contribution in [1.29, 1.82) is 0 Å². The number of hydrogen-bond donors (Lipinski definition) is 2. The SMILES string of the molecule is [CH2]C(O)Cc1ccccc1CO. The van der Waals surface area contributed by atoms with Crippen molar-refractivity contribution in [2.24, 2.45) is 0 Å². The normalized spacial score (nSPS) is 12.9. The second-order valence-electron chi connectivity index (χ2n) is 2.78. The van der Waals surface area contributed by atoms with E-state index in [1.54, 1.807) is 0 Å². The number of rotatable bonds is 3. The Hall–Kier alpha value is -0.860. The Morgan fingerprint density at radius 3 is 2.33 bits per heavy atom. The molecule has 0 aliphatic rings. The lowest BCUT2D eigenvalue weighted by Gasteiger charge is -2.08. The van der Waals surface area contributed by atoms with Crippen LogP contribution in [0.1, 0.15) is 11.1 Å². The Morgan fingerprint density at radius 1 is 1.25 bits per heavy atom. The predicted molar refractivity (Wildman–Crippen MR) is 47.4 cm³/mol. The van der Waals surface area contributed by atoms with Gasteiger partial charge < -0.3 is 10.2 Å². The van der Waals surface area contributed by atoms with Crippen molar-refractivity contribution >= 4 is 0 Å². The summed E-state index contributed by atoms with van der Waals surface area (Å²) in [5.41, 5.74) is 1.82. The molecule has 0 bridgehead atoms. The molecule has 12 heavy (non-hydrogen) atoms. The van der Waals surface area contributed by atoms with Gasteiger partial charge in [0.05, 0.1) is 12.7 Å². The van der Waals surface area contributed by atoms with Crippen LogP contribution in [0.2, 0.25) is 0 Å². The van der Waals surface area contributed by atoms with E-state index in [0.717, 1.165) is 11.1 Å². The minimum atomic E-state index is -0.599. The van der Waals surface area contributed by atoms with Gasteiger partial charge in [-0.15, -0.1) is 0 Å². The van der Waals surface area contributed by atoms with Crippen LogP contribution in [0.15, 0.2) is 24.3 Å². The largest absolute Gasteiger partial charge is 0.393 e. The van der Waals surface area contributed by atoms with Gasteiger partial charge in [-0.2, -0.15) is 0 Å². The van der Waals surface area contributed by atoms with Gasteiger partial charge in [0.2, 0.25) is 0 Å². The molecule has 0 aliphatic heterocycles. The van der Waals surface area contributed by atoms with Gasteiger partial charge in [-0.25, -0.2) is 0 Å². The van der Waals surface area contributed by atoms with E-state index < -0.39 is 6.10 Å². The second-order valence-corrected chi connectivity index (χ2v) is 2.78. The Morgan fingerprint density at radius 2 is 1.83 bits per heavy atom. The van der Waals surface area contributed by atoms with E-state index >= 15 is 0 Å². The molecule has 0 spiro atoms. The fourth-order valence-corrected chi connectivity index (χ4v) is 1.16. The highest BCUT2D eigenvalue weighted by atomic mass is 16.3. The van der Waals surface area contributed by atoms with Gasteiger partial charge in [-0.05, 0) is 24.5 Å². The zero-order valence-corrected chi connectivity index (χ0v) is 6.90. The zero-order chi connectivity index (χ0) is 8.97. The molecule has 0 saturated carbocycles. The van der Waals surface area contributed by atoms with Crippen LogP contribution < -0.4 is 0 Å². The van der Waals surface area contributed by atoms with Crippen LogP contribution >= 0.6 is 0 Å². The van der Waals surface area contributed by atoms with Crippen LogP contribution in [-0.4, -0.2) is 16.3 Å². The first-order valence-corrected chi connectivity index (χ1v) is 3.93. The van der Waals surface area contributed by atoms with Gasteiger partial charge >= 0.3 is 0 Å². The molecule has 1 aromatic carbocycles. The van der Waals surface area contributed by atoms with E-state index in [1.807, 2.05) is 24.3 Å². The smallest absolute Gasteiger partial charge is 0.0684 e. The third-order valence-electron chi connectivity index (χ3n) is 1.74. The molecule has 1 unspecified atom stereocenters. The van der Waals surface area contributed by atoms with Crippen molar-refractivity contribution in [2.75, 3.05) is 0 Å². The van der Waals surface area contributed by atoms with Gasteiger partial charge in [0, 0.05) is 0 Å². The highest BCUT2D eigenvalue weighted by Crippen LogP contribution is 2.10. The molecule has 65 valence electrons. The first-order valence-electron chi connectivity index (χ1n) is 3.93. The number of aliphatic hydroxyl groups excluding tert-OH is 2. The molecule has 0 aromatic heterocycles. The molecule has 2 nitrogen and oxygen atoms in total. The van der Waals surface area contributed by atoms with Gasteiger partial charge in [-0.1, -0.05) is 24.3 Å². The summed E-state index contributed by atoms with van der Waals surface area (Å²) < 4.78 is 0. The minimum Gasteiger partial charge on any atom is -0.393 e. The third kappa shape index (κ3) is 2.32. The van der Waals surface area contributed by atoms with Crippen LogP contribution in [0.25, 0.3) is 0 Å². The average molecular weight is 165 g/mol. The number of hydrogen-bond acceptors (Lipinski definition) is 2. The molecular weight excluding hydrogens is 152 g/mol. The van der Waals surface area contributed by atoms with Crippen LogP contribution in [0.5, 0.6) is 0 Å². The molecule has 1 aromatic rings. The topological polar surface area (TPSA) is 40.5 Å². The van der Waals surface area contributed by atoms with Crippen LogP contribution in [-0.2, 0) is 13.0 Å². The Labute approximate surface area is 72.5 Å². The summed E-state index contributed by atoms with van der Waals surface area (Å²) >= 11 is 0. The first-order chi connectivity index (χ1) is 5.74. The standard InChI is InChI=1S/C10H13O2/c1-8(12)6-9-4-2-3-5-10(9)7-11/h2-5,8,11-12H,1,6-7H2. The molecule has 2 heteroatoms. The minimum absolute atomic E-state index is 0.0168. The van der Waals surface area contributed by atoms with Crippen molar-refractivity contribution < 1.29 is 10.2 Å². The molecule has 0 saturated heterocycles. The zero-order valence-electron chi connectivity index (χ0n) is 6.90. The first kappa shape index (κ1) is 9.23. The Bertz CT molecular complexity index is 243. The van der Waals surface area contributed by atoms with Crippen molar-refractivity contribution in [3.05, 3.63) is 42.3 Å². The summed E-state index contributed by atoms with van der Waals surface area (Å²) in [6.07, 6.45) is -0.103. The lowest BCUT2D eigenvalue weighted by molar-refractivity contribution is 0.219. The Kier molecular flexibility index (Phi) is 3.26. The summed E-state index contributed by atoms with van der Waals surface area (Å²) in [6, 6.07) is 7.49. The van der Waals surface area contributed by atoms with Crippen LogP contribution in [0.4, 0.5) is 0 Å². The fourth-order valence-electron chi connectivity index (χ4n) is 1.16. The van der Waals surface area contributed by atoms with Gasteiger partial charge in [0.1, 0.15) is 0 Å². The maximum atomic E-state index is 9.03. The third-order valence-corrected chi connectivity index (χ3v) is 1.74.